The molecular weight excluding hydrogens is 596 g/mol. The summed E-state index contributed by atoms with van der Waals surface area (Å²) in [5.74, 6) is -0.310. The summed E-state index contributed by atoms with van der Waals surface area (Å²) in [5, 5.41) is 13.9. The predicted octanol–water partition coefficient (Wildman–Crippen LogP) is 5.10. The van der Waals surface area contributed by atoms with Crippen molar-refractivity contribution in [3.63, 3.8) is 0 Å². The van der Waals surface area contributed by atoms with Crippen molar-refractivity contribution in [1.82, 2.24) is 10.4 Å². The van der Waals surface area contributed by atoms with Crippen molar-refractivity contribution in [2.24, 2.45) is 5.92 Å². The molecule has 4 atom stereocenters. The van der Waals surface area contributed by atoms with Crippen LogP contribution in [0.2, 0.25) is 0 Å². The lowest BCUT2D eigenvalue weighted by Gasteiger charge is -2.37. The smallest absolute Gasteiger partial charge is 0.340 e. The highest BCUT2D eigenvalue weighted by Gasteiger charge is 2.30. The van der Waals surface area contributed by atoms with E-state index in [-0.39, 0.29) is 5.92 Å². The maximum absolute atomic E-state index is 14.1. The predicted molar refractivity (Wildman–Crippen MR) is 172 cm³/mol. The van der Waals surface area contributed by atoms with Crippen LogP contribution in [0, 0.1) is 17.6 Å². The van der Waals surface area contributed by atoms with Gasteiger partial charge in [0.25, 0.3) is 0 Å². The summed E-state index contributed by atoms with van der Waals surface area (Å²) in [5.41, 5.74) is 5.49. The van der Waals surface area contributed by atoms with Gasteiger partial charge >= 0.3 is 6.03 Å². The van der Waals surface area contributed by atoms with E-state index in [0.29, 0.717) is 43.7 Å². The van der Waals surface area contributed by atoms with E-state index < -0.39 is 35.9 Å². The number of nitrogens with zero attached hydrogens (tertiary/aromatic N) is 3. The average Bonchev–Trinajstić information content (AvgIpc) is 3.53. The van der Waals surface area contributed by atoms with Crippen LogP contribution in [0.5, 0.6) is 5.75 Å². The zero-order valence-corrected chi connectivity index (χ0v) is 26.1. The number of hydrogen-bond acceptors (Lipinski definition) is 7. The number of anilines is 3. The zero-order chi connectivity index (χ0) is 32.6. The molecule has 12 heteroatoms. The molecule has 3 aromatic carbocycles. The molecule has 46 heavy (non-hydrogen) atoms. The first kappa shape index (κ1) is 33.0. The summed E-state index contributed by atoms with van der Waals surface area (Å²) in [6.45, 7) is 7.64. The Morgan fingerprint density at radius 1 is 1.04 bits per heavy atom. The third kappa shape index (κ3) is 8.04. The van der Waals surface area contributed by atoms with Crippen LogP contribution in [0.15, 0.2) is 66.7 Å². The number of rotatable bonds is 12. The Balaban J connectivity index is 1.07. The van der Waals surface area contributed by atoms with Gasteiger partial charge in [0.2, 0.25) is 6.41 Å². The minimum Gasteiger partial charge on any atom is -0.493 e. The van der Waals surface area contributed by atoms with Gasteiger partial charge in [-0.15, -0.1) is 0 Å². The lowest BCUT2D eigenvalue weighted by atomic mass is 10.0. The van der Waals surface area contributed by atoms with Gasteiger partial charge in [-0.25, -0.2) is 18.6 Å². The van der Waals surface area contributed by atoms with Crippen LogP contribution >= 0.6 is 0 Å². The fourth-order valence-electron chi connectivity index (χ4n) is 6.02. The summed E-state index contributed by atoms with van der Waals surface area (Å²) in [6.07, 6.45) is 0.290. The van der Waals surface area contributed by atoms with Crippen LogP contribution in [-0.2, 0) is 9.53 Å². The lowest BCUT2D eigenvalue weighted by molar-refractivity contribution is -0.114. The van der Waals surface area contributed by atoms with E-state index in [1.54, 1.807) is 6.92 Å². The topological polar surface area (TPSA) is 107 Å². The van der Waals surface area contributed by atoms with Crippen molar-refractivity contribution in [1.29, 1.82) is 0 Å². The highest BCUT2D eigenvalue weighted by Crippen LogP contribution is 2.34. The Labute approximate surface area is 267 Å². The van der Waals surface area contributed by atoms with E-state index in [0.717, 1.165) is 54.4 Å². The van der Waals surface area contributed by atoms with E-state index in [1.165, 1.54) is 12.1 Å². The van der Waals surface area contributed by atoms with E-state index in [1.807, 2.05) is 55.5 Å². The number of urea groups is 1. The number of benzene rings is 3. The molecule has 0 bridgehead atoms. The summed E-state index contributed by atoms with van der Waals surface area (Å²) >= 11 is 0. The second-order valence-corrected chi connectivity index (χ2v) is 11.7. The number of aliphatic hydroxyl groups is 1. The highest BCUT2D eigenvalue weighted by molar-refractivity contribution is 5.90. The third-order valence-corrected chi connectivity index (χ3v) is 8.56. The van der Waals surface area contributed by atoms with Gasteiger partial charge in [0.05, 0.1) is 31.5 Å². The molecule has 0 saturated carbocycles. The summed E-state index contributed by atoms with van der Waals surface area (Å²) in [4.78, 5) is 28.5. The van der Waals surface area contributed by atoms with Crippen LogP contribution in [0.1, 0.15) is 38.4 Å². The van der Waals surface area contributed by atoms with Gasteiger partial charge in [0.1, 0.15) is 17.4 Å². The second kappa shape index (κ2) is 15.2. The number of halogens is 2. The number of nitrogens with one attached hydrogen (secondary N) is 2. The van der Waals surface area contributed by atoms with Gasteiger partial charge in [-0.1, -0.05) is 13.0 Å². The number of amides is 3. The number of carbonyl (C=O) groups excluding carboxylic acids is 2. The van der Waals surface area contributed by atoms with E-state index in [9.17, 15) is 23.5 Å². The maximum atomic E-state index is 14.1. The second-order valence-electron chi connectivity index (χ2n) is 11.7. The van der Waals surface area contributed by atoms with Crippen LogP contribution < -0.4 is 25.3 Å². The Hall–Kier alpha value is -4.42. The van der Waals surface area contributed by atoms with E-state index in [2.05, 4.69) is 20.5 Å². The number of hydrazine groups is 1. The molecule has 10 nitrogen and oxygen atoms in total. The van der Waals surface area contributed by atoms with Crippen molar-refractivity contribution in [3.8, 4) is 5.75 Å². The monoisotopic (exact) mass is 637 g/mol. The van der Waals surface area contributed by atoms with Gasteiger partial charge in [0, 0.05) is 60.8 Å². The molecule has 0 aliphatic carbocycles. The molecule has 0 radical (unpaired) electrons. The number of piperazine rings is 1. The molecule has 0 aromatic heterocycles. The van der Waals surface area contributed by atoms with Crippen LogP contribution in [-0.4, -0.2) is 74.1 Å². The van der Waals surface area contributed by atoms with Crippen LogP contribution in [0.4, 0.5) is 30.6 Å². The Morgan fingerprint density at radius 3 is 2.24 bits per heavy atom. The first-order valence-electron chi connectivity index (χ1n) is 15.6. The molecule has 5 rings (SSSR count). The van der Waals surface area contributed by atoms with Crippen LogP contribution in [0.25, 0.3) is 0 Å². The van der Waals surface area contributed by atoms with Gasteiger partial charge < -0.3 is 29.7 Å². The molecule has 2 unspecified atom stereocenters. The van der Waals surface area contributed by atoms with Gasteiger partial charge in [-0.2, -0.15) is 0 Å². The summed E-state index contributed by atoms with van der Waals surface area (Å²) < 4.78 is 39.2. The van der Waals surface area contributed by atoms with Crippen molar-refractivity contribution >= 4 is 29.5 Å². The third-order valence-electron chi connectivity index (χ3n) is 8.56. The van der Waals surface area contributed by atoms with Crippen molar-refractivity contribution in [3.05, 3.63) is 83.9 Å². The summed E-state index contributed by atoms with van der Waals surface area (Å²) in [7, 11) is 0. The first-order valence-corrected chi connectivity index (χ1v) is 15.6. The molecule has 3 aromatic rings. The molecule has 3 N–H and O–H groups in total. The molecule has 2 aliphatic rings. The zero-order valence-electron chi connectivity index (χ0n) is 26.1. The standard InChI is InChI=1S/C34H41F2N5O5/c1-3-32(23(2)43)41(37-22-42)34(44)38-26-5-7-27(8-6-26)39-14-16-40(17-15-39)28-9-11-29(12-10-28)45-20-24-18-33(46-21-24)30-13-4-25(35)19-31(30)36/h4-13,19,22-24,32-33,43H,3,14-18,20-21H2,1-2H3,(H,37,42)(H,38,44)/t23?,24-,32?,33-/m1/s1. The highest BCUT2D eigenvalue weighted by atomic mass is 19.1. The molecule has 3 amide bonds. The van der Waals surface area contributed by atoms with Gasteiger partial charge in [-0.3, -0.25) is 10.2 Å². The van der Waals surface area contributed by atoms with Crippen molar-refractivity contribution in [2.75, 3.05) is 54.5 Å². The Kier molecular flexibility index (Phi) is 10.9. The van der Waals surface area contributed by atoms with E-state index in [4.69, 9.17) is 9.47 Å². The van der Waals surface area contributed by atoms with Gasteiger partial charge in [-0.05, 0) is 74.4 Å². The molecule has 2 aliphatic heterocycles. The number of carbonyl (C=O) groups is 2. The van der Waals surface area contributed by atoms with Crippen molar-refractivity contribution in [2.45, 2.75) is 44.9 Å². The van der Waals surface area contributed by atoms with Gasteiger partial charge in [0.15, 0.2) is 0 Å². The summed E-state index contributed by atoms with van der Waals surface area (Å²) in [6, 6.07) is 18.0. The molecule has 246 valence electrons. The quantitative estimate of drug-likeness (QED) is 0.187. The Morgan fingerprint density at radius 2 is 1.67 bits per heavy atom. The fourth-order valence-corrected chi connectivity index (χ4v) is 6.02. The molecule has 0 spiro atoms. The molecule has 2 saturated heterocycles. The Bertz CT molecular complexity index is 1450. The molecule has 2 heterocycles. The number of ether oxygens (including phenoxy) is 2. The largest absolute Gasteiger partial charge is 0.493 e. The first-order chi connectivity index (χ1) is 22.2. The lowest BCUT2D eigenvalue weighted by Crippen LogP contribution is -2.54. The maximum Gasteiger partial charge on any atom is 0.340 e. The fraction of sp³-hybridized carbons (Fsp3) is 0.412. The SMILES string of the molecule is CCC(C(C)O)N(NC=O)C(=O)Nc1ccc(N2CCN(c3ccc(OC[C@@H]4CO[C@@H](c5ccc(F)cc5F)C4)cc3)CC2)cc1. The average molecular weight is 638 g/mol. The van der Waals surface area contributed by atoms with Crippen molar-refractivity contribution < 1.29 is 33.0 Å². The normalized spacial score (nSPS) is 19.3. The molecule has 2 fully saturated rings. The van der Waals surface area contributed by atoms with Crippen LogP contribution in [0.3, 0.4) is 0 Å². The minimum atomic E-state index is -0.814. The molecular formula is C34H41F2N5O5. The van der Waals surface area contributed by atoms with E-state index >= 15 is 0 Å². The number of aliphatic hydroxyl groups excluding tert-OH is 1. The number of hydrogen-bond donors (Lipinski definition) is 3. The minimum absolute atomic E-state index is 0.116.